The molecule has 15 nitrogen and oxygen atoms in total. The third-order valence-corrected chi connectivity index (χ3v) is 8.23. The molecule has 1 unspecified atom stereocenters. The average molecular weight is 536 g/mol. The smallest absolute Gasteiger partial charge is 0.396 e. The van der Waals surface area contributed by atoms with Crippen LogP contribution in [-0.2, 0) is 13.6 Å². The Morgan fingerprint density at radius 2 is 1.84 bits per heavy atom. The highest BCUT2D eigenvalue weighted by molar-refractivity contribution is 7.47. The molecule has 0 bridgehead atoms. The Morgan fingerprint density at radius 1 is 1.08 bits per heavy atom. The molecule has 16 heteroatoms. The number of hydrogen-bond acceptors (Lipinski definition) is 12. The molecule has 5 rings (SSSR count). The second-order valence-corrected chi connectivity index (χ2v) is 11.0. The van der Waals surface area contributed by atoms with Gasteiger partial charge in [0.05, 0.1) is 25.1 Å². The van der Waals surface area contributed by atoms with Gasteiger partial charge >= 0.3 is 13.5 Å². The molecule has 7 N–H and O–H groups in total. The minimum atomic E-state index is -4.54. The fourth-order valence-electron chi connectivity index (χ4n) is 5.32. The third-order valence-electron chi connectivity index (χ3n) is 7.22. The molecular formula is C21H29N8O7P. The van der Waals surface area contributed by atoms with Gasteiger partial charge in [0.25, 0.3) is 0 Å². The normalized spacial score (nSPS) is 29.6. The van der Waals surface area contributed by atoms with E-state index in [0.29, 0.717) is 30.4 Å². The fraction of sp³-hybridized carbons (Fsp3) is 0.571. The molecule has 0 spiro atoms. The minimum Gasteiger partial charge on any atom is -0.396 e. The molecule has 2 aliphatic carbocycles. The van der Waals surface area contributed by atoms with Gasteiger partial charge in [0, 0.05) is 36.7 Å². The highest BCUT2D eigenvalue weighted by Crippen LogP contribution is 2.51. The van der Waals surface area contributed by atoms with Crippen LogP contribution in [0, 0.1) is 11.8 Å². The van der Waals surface area contributed by atoms with E-state index >= 15 is 0 Å². The molecule has 0 aromatic carbocycles. The molecule has 0 amide bonds. The topological polar surface area (TPSA) is 227 Å². The van der Waals surface area contributed by atoms with Crippen molar-refractivity contribution in [3.05, 3.63) is 35.4 Å². The van der Waals surface area contributed by atoms with Gasteiger partial charge in [0.15, 0.2) is 11.5 Å². The van der Waals surface area contributed by atoms with Gasteiger partial charge in [-0.1, -0.05) is 0 Å². The predicted molar refractivity (Wildman–Crippen MR) is 130 cm³/mol. The number of hydrogen-bond donors (Lipinski definition) is 5. The second-order valence-electron chi connectivity index (χ2n) is 9.55. The number of aliphatic hydroxyl groups excluding tert-OH is 2. The van der Waals surface area contributed by atoms with Crippen LogP contribution in [0.15, 0.2) is 29.7 Å². The van der Waals surface area contributed by atoms with E-state index in [1.807, 2.05) is 4.57 Å². The third kappa shape index (κ3) is 5.23. The zero-order chi connectivity index (χ0) is 26.3. The van der Waals surface area contributed by atoms with Gasteiger partial charge in [-0.25, -0.2) is 24.3 Å². The van der Waals surface area contributed by atoms with E-state index in [4.69, 9.17) is 20.5 Å². The van der Waals surface area contributed by atoms with Crippen LogP contribution in [-0.4, -0.2) is 69.6 Å². The quantitative estimate of drug-likeness (QED) is 0.239. The monoisotopic (exact) mass is 536 g/mol. The first-order valence-corrected chi connectivity index (χ1v) is 13.4. The van der Waals surface area contributed by atoms with Crippen molar-refractivity contribution in [1.29, 1.82) is 0 Å². The maximum absolute atomic E-state index is 12.8. The molecule has 200 valence electrons. The second kappa shape index (κ2) is 10.1. The first-order chi connectivity index (χ1) is 17.6. The number of phosphoric acid groups is 1. The Bertz CT molecular complexity index is 1380. The molecule has 2 aliphatic rings. The lowest BCUT2D eigenvalue weighted by Gasteiger charge is -2.22. The summed E-state index contributed by atoms with van der Waals surface area (Å²) in [5.41, 5.74) is 11.9. The number of fused-ring (bicyclic) bond motifs is 1. The van der Waals surface area contributed by atoms with Crippen molar-refractivity contribution in [3.63, 3.8) is 0 Å². The van der Waals surface area contributed by atoms with Gasteiger partial charge < -0.3 is 31.1 Å². The number of aliphatic hydroxyl groups is 2. The molecular weight excluding hydrogens is 507 g/mol. The van der Waals surface area contributed by atoms with Crippen LogP contribution in [0.25, 0.3) is 11.2 Å². The van der Waals surface area contributed by atoms with E-state index in [0.717, 1.165) is 0 Å². The van der Waals surface area contributed by atoms with Crippen molar-refractivity contribution >= 4 is 30.6 Å². The summed E-state index contributed by atoms with van der Waals surface area (Å²) < 4.78 is 26.7. The molecule has 2 fully saturated rings. The van der Waals surface area contributed by atoms with E-state index in [9.17, 15) is 24.5 Å². The standard InChI is InChI=1S/C21H29N8O7P/c22-17-1-2-28(21(32)27-17)14-3-11(7-30)16(6-14)36-37(33,34)35-8-12-4-13(5-15(12)31)29-10-26-18-19(23)24-9-25-20(18)29/h1-2,9-16,30-31H,3-8H2,(H,33,34)(H2,22,27,32)(H2,23,24,25)/t11-,12-,13-,14-,15+,16+/m1/s1. The van der Waals surface area contributed by atoms with Crippen LogP contribution in [0.4, 0.5) is 11.6 Å². The van der Waals surface area contributed by atoms with Gasteiger partial charge in [-0.2, -0.15) is 4.98 Å². The lowest BCUT2D eigenvalue weighted by atomic mass is 10.1. The molecule has 3 heterocycles. The van der Waals surface area contributed by atoms with Crippen LogP contribution < -0.4 is 17.2 Å². The van der Waals surface area contributed by atoms with Gasteiger partial charge in [-0.15, -0.1) is 0 Å². The van der Waals surface area contributed by atoms with Crippen molar-refractivity contribution in [2.75, 3.05) is 24.7 Å². The Morgan fingerprint density at radius 3 is 2.59 bits per heavy atom. The van der Waals surface area contributed by atoms with Crippen LogP contribution in [0.5, 0.6) is 0 Å². The van der Waals surface area contributed by atoms with Crippen molar-refractivity contribution in [1.82, 2.24) is 29.1 Å². The number of rotatable bonds is 8. The van der Waals surface area contributed by atoms with Crippen molar-refractivity contribution in [3.8, 4) is 0 Å². The molecule has 7 atom stereocenters. The number of anilines is 2. The molecule has 3 aromatic heterocycles. The molecule has 0 radical (unpaired) electrons. The summed E-state index contributed by atoms with van der Waals surface area (Å²) in [4.78, 5) is 38.7. The molecule has 2 saturated carbocycles. The van der Waals surface area contributed by atoms with Gasteiger partial charge in [-0.05, 0) is 31.7 Å². The number of phosphoric ester groups is 1. The summed E-state index contributed by atoms with van der Waals surface area (Å²) in [7, 11) is -4.54. The molecule has 3 aromatic rings. The Hall–Kier alpha value is -2.94. The highest BCUT2D eigenvalue weighted by Gasteiger charge is 2.42. The summed E-state index contributed by atoms with van der Waals surface area (Å²) in [6, 6.07) is 0.934. The highest BCUT2D eigenvalue weighted by atomic mass is 31.2. The summed E-state index contributed by atoms with van der Waals surface area (Å²) >= 11 is 0. The first-order valence-electron chi connectivity index (χ1n) is 11.9. The SMILES string of the molecule is Nc1ccn([C@@H]2C[C@H](CO)[C@@H](OP(=O)(O)OC[C@H]3C[C@@H](n4cnc5c(N)ncnc54)C[C@@H]3O)C2)c(=O)n1. The van der Waals surface area contributed by atoms with Gasteiger partial charge in [0.1, 0.15) is 17.7 Å². The molecule has 0 saturated heterocycles. The number of aromatic nitrogens is 6. The summed E-state index contributed by atoms with van der Waals surface area (Å²) in [5, 5.41) is 20.4. The number of nitrogens with zero attached hydrogens (tertiary/aromatic N) is 6. The average Bonchev–Trinajstić information content (AvgIpc) is 3.54. The first kappa shape index (κ1) is 25.7. The van der Waals surface area contributed by atoms with Crippen molar-refractivity contribution in [2.24, 2.45) is 11.8 Å². The van der Waals surface area contributed by atoms with E-state index in [1.54, 1.807) is 6.33 Å². The van der Waals surface area contributed by atoms with Crippen molar-refractivity contribution < 1.29 is 28.7 Å². The van der Waals surface area contributed by atoms with Crippen LogP contribution >= 0.6 is 7.82 Å². The predicted octanol–water partition coefficient (Wildman–Crippen LogP) is 0.00520. The lowest BCUT2D eigenvalue weighted by Crippen LogP contribution is -2.26. The van der Waals surface area contributed by atoms with E-state index in [-0.39, 0.29) is 43.4 Å². The van der Waals surface area contributed by atoms with E-state index in [1.165, 1.54) is 23.2 Å². The molecule has 0 aliphatic heterocycles. The zero-order valence-electron chi connectivity index (χ0n) is 19.8. The maximum atomic E-state index is 12.8. The number of imidazole rings is 1. The summed E-state index contributed by atoms with van der Waals surface area (Å²) in [6.45, 7) is -0.509. The van der Waals surface area contributed by atoms with Gasteiger partial charge in [-0.3, -0.25) is 13.6 Å². The van der Waals surface area contributed by atoms with Crippen LogP contribution in [0.3, 0.4) is 0 Å². The molecule has 37 heavy (non-hydrogen) atoms. The van der Waals surface area contributed by atoms with Crippen LogP contribution in [0.2, 0.25) is 0 Å². The maximum Gasteiger partial charge on any atom is 0.472 e. The van der Waals surface area contributed by atoms with Crippen LogP contribution in [0.1, 0.15) is 37.8 Å². The van der Waals surface area contributed by atoms with E-state index in [2.05, 4.69) is 19.9 Å². The number of nitrogens with two attached hydrogens (primary N) is 2. The Kier molecular flexibility index (Phi) is 7.00. The zero-order valence-corrected chi connectivity index (χ0v) is 20.7. The summed E-state index contributed by atoms with van der Waals surface area (Å²) in [6.07, 6.45) is 4.21. The minimum absolute atomic E-state index is 0.0916. The summed E-state index contributed by atoms with van der Waals surface area (Å²) in [5.74, 6) is -0.568. The lowest BCUT2D eigenvalue weighted by molar-refractivity contribution is 0.0428. The Labute approximate surface area is 210 Å². The number of nitrogen functional groups attached to an aromatic ring is 2. The van der Waals surface area contributed by atoms with Crippen molar-refractivity contribution in [2.45, 2.75) is 50.0 Å². The van der Waals surface area contributed by atoms with E-state index < -0.39 is 37.6 Å². The largest absolute Gasteiger partial charge is 0.472 e. The Balaban J connectivity index is 1.20. The van der Waals surface area contributed by atoms with Gasteiger partial charge in [0.2, 0.25) is 0 Å². The fourth-order valence-corrected chi connectivity index (χ4v) is 6.36.